The lowest BCUT2D eigenvalue weighted by atomic mass is 9.57. The Morgan fingerprint density at radius 1 is 1.09 bits per heavy atom. The molecule has 0 aliphatic heterocycles. The average molecular weight is 599 g/mol. The van der Waals surface area contributed by atoms with Crippen molar-refractivity contribution in [2.45, 2.75) is 70.6 Å². The quantitative estimate of drug-likeness (QED) is 0.255. The van der Waals surface area contributed by atoms with Crippen LogP contribution in [0.2, 0.25) is 0 Å². The Kier molecular flexibility index (Phi) is 9.02. The fourth-order valence-electron chi connectivity index (χ4n) is 7.68. The number of anilines is 1. The van der Waals surface area contributed by atoms with Gasteiger partial charge in [-0.1, -0.05) is 26.7 Å². The van der Waals surface area contributed by atoms with Crippen LogP contribution in [0.3, 0.4) is 0 Å². The number of benzene rings is 1. The lowest BCUT2D eigenvalue weighted by Crippen LogP contribution is -2.65. The molecule has 2 saturated carbocycles. The van der Waals surface area contributed by atoms with Crippen molar-refractivity contribution in [2.75, 3.05) is 39.6 Å². The molecule has 0 heterocycles. The number of likely N-dealkylation sites (N-methyl/N-ethyl adjacent to an activating group) is 1. The minimum absolute atomic E-state index is 0. The van der Waals surface area contributed by atoms with Gasteiger partial charge in [-0.3, -0.25) is 19.3 Å². The zero-order valence-electron chi connectivity index (χ0n) is 24.7. The van der Waals surface area contributed by atoms with E-state index in [0.717, 1.165) is 12.2 Å². The van der Waals surface area contributed by atoms with Crippen LogP contribution in [0, 0.1) is 17.8 Å². The summed E-state index contributed by atoms with van der Waals surface area (Å²) in [4.78, 5) is 42.9. The standard InChI is InChI=1S/C31H42N4O7.CH4/c1-34(2)20-12-17(14-33-13-15-8-6-5-7-9-15)25(36)22-18(20)10-16-11-19-24(35(3)4)27(38)23(30(32)41)29(40)31(19,42)28(39)21(16)26(22)37;/h12,15-16,19,24,33,36-37,40,42H,5-11,13-14H2,1-4H3,(H2,32,41);1H4/t16-,19-,24-,31-;/m0./s1. The summed E-state index contributed by atoms with van der Waals surface area (Å²) in [6, 6.07) is 0.781. The first-order valence-corrected chi connectivity index (χ1v) is 14.7. The highest BCUT2D eigenvalue weighted by Gasteiger charge is 2.64. The van der Waals surface area contributed by atoms with Crippen LogP contribution < -0.4 is 16.0 Å². The average Bonchev–Trinajstić information content (AvgIpc) is 2.92. The molecule has 5 rings (SSSR count). The molecule has 0 aromatic heterocycles. The monoisotopic (exact) mass is 598 g/mol. The summed E-state index contributed by atoms with van der Waals surface area (Å²) in [5.41, 5.74) is 3.90. The third kappa shape index (κ3) is 5.11. The van der Waals surface area contributed by atoms with Crippen LogP contribution in [0.25, 0.3) is 5.76 Å². The van der Waals surface area contributed by atoms with E-state index in [1.165, 1.54) is 37.0 Å². The number of nitrogens with zero attached hydrogens (tertiary/aromatic N) is 2. The van der Waals surface area contributed by atoms with Gasteiger partial charge in [-0.25, -0.2) is 0 Å². The maximum Gasteiger partial charge on any atom is 0.255 e. The van der Waals surface area contributed by atoms with Crippen molar-refractivity contribution in [3.8, 4) is 5.75 Å². The summed E-state index contributed by atoms with van der Waals surface area (Å²) in [5, 5.41) is 49.4. The van der Waals surface area contributed by atoms with Crippen LogP contribution in [-0.4, -0.2) is 89.2 Å². The molecular weight excluding hydrogens is 552 g/mol. The summed E-state index contributed by atoms with van der Waals surface area (Å²) in [5.74, 6) is -5.87. The Bertz CT molecular complexity index is 1390. The topological polar surface area (TPSA) is 177 Å². The lowest BCUT2D eigenvalue weighted by molar-refractivity contribution is -0.153. The zero-order valence-corrected chi connectivity index (χ0v) is 24.7. The number of hydrogen-bond acceptors (Lipinski definition) is 10. The number of ketones is 2. The van der Waals surface area contributed by atoms with Crippen molar-refractivity contribution < 1.29 is 34.8 Å². The molecule has 0 unspecified atom stereocenters. The number of nitrogens with two attached hydrogens (primary N) is 1. The zero-order chi connectivity index (χ0) is 30.7. The third-order valence-electron chi connectivity index (χ3n) is 9.73. The van der Waals surface area contributed by atoms with E-state index >= 15 is 0 Å². The van der Waals surface area contributed by atoms with E-state index in [-0.39, 0.29) is 37.2 Å². The van der Waals surface area contributed by atoms with Crippen LogP contribution >= 0.6 is 0 Å². The molecule has 43 heavy (non-hydrogen) atoms. The molecule has 0 spiro atoms. The van der Waals surface area contributed by atoms with Gasteiger partial charge in [-0.15, -0.1) is 0 Å². The molecule has 4 aliphatic carbocycles. The fourth-order valence-corrected chi connectivity index (χ4v) is 7.68. The molecule has 4 aliphatic rings. The number of fused-ring (bicyclic) bond motifs is 3. The summed E-state index contributed by atoms with van der Waals surface area (Å²) in [7, 11) is 6.89. The molecule has 2 fully saturated rings. The van der Waals surface area contributed by atoms with E-state index in [1.807, 2.05) is 25.1 Å². The number of aliphatic hydroxyl groups is 3. The van der Waals surface area contributed by atoms with Gasteiger partial charge < -0.3 is 36.4 Å². The summed E-state index contributed by atoms with van der Waals surface area (Å²) in [6.45, 7) is 1.18. The van der Waals surface area contributed by atoms with Crippen LogP contribution in [0.4, 0.5) is 5.69 Å². The minimum atomic E-state index is -2.65. The van der Waals surface area contributed by atoms with Crippen molar-refractivity contribution in [3.05, 3.63) is 39.7 Å². The Morgan fingerprint density at radius 3 is 2.33 bits per heavy atom. The van der Waals surface area contributed by atoms with E-state index in [9.17, 15) is 34.8 Å². The minimum Gasteiger partial charge on any atom is -0.508 e. The maximum absolute atomic E-state index is 14.1. The van der Waals surface area contributed by atoms with E-state index in [0.29, 0.717) is 23.6 Å². The molecule has 1 aromatic carbocycles. The largest absolute Gasteiger partial charge is 0.508 e. The smallest absolute Gasteiger partial charge is 0.255 e. The van der Waals surface area contributed by atoms with Crippen LogP contribution in [0.15, 0.2) is 23.0 Å². The van der Waals surface area contributed by atoms with Gasteiger partial charge >= 0.3 is 0 Å². The molecule has 0 saturated heterocycles. The second-order valence-corrected chi connectivity index (χ2v) is 12.7. The SMILES string of the molecule is C.CN(C)c1cc(CNCC2CCCCC2)c(O)c2c1C[C@H]1C[C@H]3[C@H](N(C)C)C(=O)C(C(N)=O)=C(O)[C@@]3(O)C(=O)C1=C2O. The Labute approximate surface area is 253 Å². The Morgan fingerprint density at radius 2 is 1.74 bits per heavy atom. The van der Waals surface area contributed by atoms with Gasteiger partial charge in [0.1, 0.15) is 22.8 Å². The van der Waals surface area contributed by atoms with Crippen LogP contribution in [0.5, 0.6) is 5.75 Å². The third-order valence-corrected chi connectivity index (χ3v) is 9.73. The molecule has 4 atom stereocenters. The predicted octanol–water partition coefficient (Wildman–Crippen LogP) is 2.34. The molecule has 0 bridgehead atoms. The van der Waals surface area contributed by atoms with Gasteiger partial charge in [-0.2, -0.15) is 0 Å². The van der Waals surface area contributed by atoms with Crippen molar-refractivity contribution >= 4 is 28.9 Å². The number of Topliss-reactive ketones (excluding diaryl/α,β-unsaturated/α-hetero) is 2. The number of phenols is 1. The number of nitrogens with one attached hydrogen (secondary N) is 1. The number of rotatable bonds is 7. The maximum atomic E-state index is 14.1. The van der Waals surface area contributed by atoms with Crippen LogP contribution in [0.1, 0.15) is 62.6 Å². The summed E-state index contributed by atoms with van der Waals surface area (Å²) >= 11 is 0. The Balaban J connectivity index is 0.00000423. The van der Waals surface area contributed by atoms with Crippen molar-refractivity contribution in [2.24, 2.45) is 23.5 Å². The summed E-state index contributed by atoms with van der Waals surface area (Å²) < 4.78 is 0. The van der Waals surface area contributed by atoms with Crippen molar-refractivity contribution in [1.29, 1.82) is 0 Å². The second-order valence-electron chi connectivity index (χ2n) is 12.7. The van der Waals surface area contributed by atoms with Gasteiger partial charge in [0, 0.05) is 43.4 Å². The molecule has 236 valence electrons. The number of phenolic OH excluding ortho intramolecular Hbond substituents is 1. The number of hydrogen-bond donors (Lipinski definition) is 6. The fraction of sp³-hybridized carbons (Fsp3) is 0.594. The van der Waals surface area contributed by atoms with E-state index < -0.39 is 58.0 Å². The summed E-state index contributed by atoms with van der Waals surface area (Å²) in [6.07, 6.45) is 6.37. The van der Waals surface area contributed by atoms with Gasteiger partial charge in [0.2, 0.25) is 5.78 Å². The van der Waals surface area contributed by atoms with E-state index in [4.69, 9.17) is 5.73 Å². The van der Waals surface area contributed by atoms with Gasteiger partial charge in [-0.05, 0) is 69.8 Å². The highest BCUT2D eigenvalue weighted by molar-refractivity contribution is 6.24. The lowest BCUT2D eigenvalue weighted by Gasteiger charge is -2.50. The van der Waals surface area contributed by atoms with Gasteiger partial charge in [0.05, 0.1) is 11.6 Å². The van der Waals surface area contributed by atoms with E-state index in [2.05, 4.69) is 5.32 Å². The predicted molar refractivity (Wildman–Crippen MR) is 164 cm³/mol. The van der Waals surface area contributed by atoms with Crippen LogP contribution in [-0.2, 0) is 27.3 Å². The molecule has 1 amide bonds. The number of amides is 1. The normalized spacial score (nSPS) is 27.4. The highest BCUT2D eigenvalue weighted by atomic mass is 16.3. The first-order valence-electron chi connectivity index (χ1n) is 14.7. The van der Waals surface area contributed by atoms with E-state index in [1.54, 1.807) is 14.1 Å². The molecule has 1 aromatic rings. The molecule has 0 radical (unpaired) electrons. The second kappa shape index (κ2) is 11.9. The molecule has 7 N–H and O–H groups in total. The number of aromatic hydroxyl groups is 1. The Hall–Kier alpha value is -3.41. The first-order chi connectivity index (χ1) is 19.8. The van der Waals surface area contributed by atoms with Crippen molar-refractivity contribution in [1.82, 2.24) is 10.2 Å². The van der Waals surface area contributed by atoms with Gasteiger partial charge in [0.25, 0.3) is 5.91 Å². The number of primary amides is 1. The number of carbonyl (C=O) groups excluding carboxylic acids is 3. The van der Waals surface area contributed by atoms with Crippen molar-refractivity contribution in [3.63, 3.8) is 0 Å². The molecular formula is C32H46N4O7. The molecule has 11 nitrogen and oxygen atoms in total. The first kappa shape index (κ1) is 32.5. The number of aliphatic hydroxyl groups excluding tert-OH is 2. The number of carbonyl (C=O) groups is 3. The van der Waals surface area contributed by atoms with Gasteiger partial charge in [0.15, 0.2) is 11.4 Å². The molecule has 11 heteroatoms. The highest BCUT2D eigenvalue weighted by Crippen LogP contribution is 2.54.